The third-order valence-electron chi connectivity index (χ3n) is 2.83. The number of aliphatic carboxylic acids is 1. The normalized spacial score (nSPS) is 18.3. The first-order chi connectivity index (χ1) is 8.47. The van der Waals surface area contributed by atoms with Crippen LogP contribution in [0.3, 0.4) is 0 Å². The lowest BCUT2D eigenvalue weighted by atomic mass is 9.96. The van der Waals surface area contributed by atoms with Crippen molar-refractivity contribution < 1.29 is 14.6 Å². The van der Waals surface area contributed by atoms with Gasteiger partial charge in [-0.15, -0.1) is 0 Å². The summed E-state index contributed by atoms with van der Waals surface area (Å²) in [5.41, 5.74) is 0.659. The van der Waals surface area contributed by atoms with Crippen molar-refractivity contribution in [3.05, 3.63) is 28.5 Å². The van der Waals surface area contributed by atoms with Gasteiger partial charge in [-0.2, -0.15) is 0 Å². The molecule has 1 aliphatic heterocycles. The molecule has 0 amide bonds. The van der Waals surface area contributed by atoms with E-state index in [1.54, 1.807) is 6.20 Å². The Morgan fingerprint density at radius 1 is 1.61 bits per heavy atom. The largest absolute Gasteiger partial charge is 0.480 e. The van der Waals surface area contributed by atoms with Gasteiger partial charge < -0.3 is 9.84 Å². The summed E-state index contributed by atoms with van der Waals surface area (Å²) in [4.78, 5) is 16.9. The number of hydrogen-bond acceptors (Lipinski definition) is 4. The van der Waals surface area contributed by atoms with Crippen LogP contribution in [0.4, 0.5) is 0 Å². The molecule has 0 bridgehead atoms. The van der Waals surface area contributed by atoms with Gasteiger partial charge in [0.25, 0.3) is 0 Å². The number of halogens is 1. The van der Waals surface area contributed by atoms with Crippen LogP contribution in [0.15, 0.2) is 22.8 Å². The van der Waals surface area contributed by atoms with Gasteiger partial charge in [-0.1, -0.05) is 0 Å². The van der Waals surface area contributed by atoms with Gasteiger partial charge in [0.2, 0.25) is 0 Å². The molecule has 1 fully saturated rings. The van der Waals surface area contributed by atoms with Crippen molar-refractivity contribution in [2.75, 3.05) is 19.7 Å². The fourth-order valence-corrected chi connectivity index (χ4v) is 2.30. The Morgan fingerprint density at radius 2 is 2.33 bits per heavy atom. The minimum Gasteiger partial charge on any atom is -0.480 e. The molecule has 0 unspecified atom stereocenters. The van der Waals surface area contributed by atoms with E-state index in [1.807, 2.05) is 19.1 Å². The number of aromatic nitrogens is 1. The highest BCUT2D eigenvalue weighted by Gasteiger charge is 2.40. The van der Waals surface area contributed by atoms with Crippen LogP contribution in [0, 0.1) is 0 Å². The van der Waals surface area contributed by atoms with E-state index >= 15 is 0 Å². The molecule has 6 heteroatoms. The second kappa shape index (κ2) is 5.34. The predicted molar refractivity (Wildman–Crippen MR) is 69.2 cm³/mol. The van der Waals surface area contributed by atoms with E-state index in [0.29, 0.717) is 0 Å². The molecular weight excluding hydrogens is 300 g/mol. The summed E-state index contributed by atoms with van der Waals surface area (Å²) < 4.78 is 6.31. The Balaban J connectivity index is 1.78. The van der Waals surface area contributed by atoms with Crippen LogP contribution in [0.2, 0.25) is 0 Å². The lowest BCUT2D eigenvalue weighted by Crippen LogP contribution is -2.61. The van der Waals surface area contributed by atoms with Crippen LogP contribution in [0.1, 0.15) is 12.6 Å². The highest BCUT2D eigenvalue weighted by Crippen LogP contribution is 2.26. The first-order valence-corrected chi connectivity index (χ1v) is 6.45. The first kappa shape index (κ1) is 13.5. The number of hydrogen-bond donors (Lipinski definition) is 1. The molecule has 98 valence electrons. The number of ether oxygens (including phenoxy) is 1. The van der Waals surface area contributed by atoms with Crippen molar-refractivity contribution in [3.63, 3.8) is 0 Å². The molecule has 18 heavy (non-hydrogen) atoms. The summed E-state index contributed by atoms with van der Waals surface area (Å²) in [6, 6.07) is 3.93. The van der Waals surface area contributed by atoms with Crippen LogP contribution in [-0.4, -0.2) is 46.3 Å². The molecular formula is C12H15BrN2O3. The second-order valence-electron chi connectivity index (χ2n) is 4.75. The molecule has 0 aliphatic carbocycles. The van der Waals surface area contributed by atoms with E-state index in [4.69, 9.17) is 9.84 Å². The predicted octanol–water partition coefficient (Wildman–Crippen LogP) is 1.52. The topological polar surface area (TPSA) is 62.7 Å². The molecule has 1 aliphatic rings. The third-order valence-corrected chi connectivity index (χ3v) is 3.30. The Bertz CT molecular complexity index is 429. The van der Waals surface area contributed by atoms with Crippen molar-refractivity contribution in [3.8, 4) is 0 Å². The van der Waals surface area contributed by atoms with Gasteiger partial charge in [-0.05, 0) is 35.0 Å². The minimum atomic E-state index is -0.927. The van der Waals surface area contributed by atoms with Crippen molar-refractivity contribution in [2.24, 2.45) is 0 Å². The Morgan fingerprint density at radius 3 is 2.89 bits per heavy atom. The van der Waals surface area contributed by atoms with Gasteiger partial charge in [0, 0.05) is 30.3 Å². The molecule has 2 heterocycles. The van der Waals surface area contributed by atoms with Crippen molar-refractivity contribution in [1.29, 1.82) is 0 Å². The van der Waals surface area contributed by atoms with Gasteiger partial charge in [0.15, 0.2) is 0 Å². The molecule has 1 aromatic heterocycles. The van der Waals surface area contributed by atoms with Crippen LogP contribution < -0.4 is 0 Å². The van der Waals surface area contributed by atoms with E-state index in [2.05, 4.69) is 25.8 Å². The lowest BCUT2D eigenvalue weighted by molar-refractivity contribution is -0.165. The molecule has 1 aromatic rings. The van der Waals surface area contributed by atoms with Gasteiger partial charge in [0.1, 0.15) is 6.61 Å². The summed E-state index contributed by atoms with van der Waals surface area (Å²) >= 11 is 3.34. The zero-order valence-electron chi connectivity index (χ0n) is 10.1. The second-order valence-corrected chi connectivity index (χ2v) is 5.66. The number of pyridine rings is 1. The van der Waals surface area contributed by atoms with E-state index in [1.165, 1.54) is 0 Å². The van der Waals surface area contributed by atoms with Crippen molar-refractivity contribution >= 4 is 21.9 Å². The van der Waals surface area contributed by atoms with E-state index in [9.17, 15) is 4.79 Å². The van der Waals surface area contributed by atoms with Crippen LogP contribution in [0.25, 0.3) is 0 Å². The number of carbonyl (C=O) groups is 1. The Hall–Kier alpha value is -0.980. The zero-order chi connectivity index (χ0) is 13.2. The third kappa shape index (κ3) is 3.51. The summed E-state index contributed by atoms with van der Waals surface area (Å²) in [6.45, 7) is 3.93. The SMILES string of the molecule is CC1(OCC(=O)O)CN(Cc2ccc(Br)cn2)C1. The number of carboxylic acids is 1. The molecule has 5 nitrogen and oxygen atoms in total. The quantitative estimate of drug-likeness (QED) is 0.892. The van der Waals surface area contributed by atoms with E-state index in [0.717, 1.165) is 29.8 Å². The maximum atomic E-state index is 10.4. The number of likely N-dealkylation sites (tertiary alicyclic amines) is 1. The lowest BCUT2D eigenvalue weighted by Gasteiger charge is -2.47. The maximum absolute atomic E-state index is 10.4. The summed E-state index contributed by atoms with van der Waals surface area (Å²) in [6.07, 6.45) is 1.77. The average molecular weight is 315 g/mol. The van der Waals surface area contributed by atoms with Crippen LogP contribution in [-0.2, 0) is 16.1 Å². The summed E-state index contributed by atoms with van der Waals surface area (Å²) in [5, 5.41) is 8.57. The van der Waals surface area contributed by atoms with Gasteiger partial charge in [-0.3, -0.25) is 9.88 Å². The monoisotopic (exact) mass is 314 g/mol. The van der Waals surface area contributed by atoms with E-state index < -0.39 is 5.97 Å². The number of carboxylic acid groups (broad SMARTS) is 1. The molecule has 0 aromatic carbocycles. The van der Waals surface area contributed by atoms with Gasteiger partial charge >= 0.3 is 5.97 Å². The Labute approximate surface area is 114 Å². The first-order valence-electron chi connectivity index (χ1n) is 5.65. The average Bonchev–Trinajstić information content (AvgIpc) is 2.27. The maximum Gasteiger partial charge on any atom is 0.329 e. The number of nitrogens with zero attached hydrogens (tertiary/aromatic N) is 2. The highest BCUT2D eigenvalue weighted by atomic mass is 79.9. The zero-order valence-corrected chi connectivity index (χ0v) is 11.7. The van der Waals surface area contributed by atoms with Crippen molar-refractivity contribution in [2.45, 2.75) is 19.1 Å². The molecule has 0 spiro atoms. The smallest absolute Gasteiger partial charge is 0.329 e. The van der Waals surface area contributed by atoms with Crippen LogP contribution >= 0.6 is 15.9 Å². The van der Waals surface area contributed by atoms with Gasteiger partial charge in [0.05, 0.1) is 11.3 Å². The molecule has 1 N–H and O–H groups in total. The van der Waals surface area contributed by atoms with Crippen molar-refractivity contribution in [1.82, 2.24) is 9.88 Å². The summed E-state index contributed by atoms with van der Waals surface area (Å²) in [7, 11) is 0. The summed E-state index contributed by atoms with van der Waals surface area (Å²) in [5.74, 6) is -0.927. The molecule has 0 radical (unpaired) electrons. The van der Waals surface area contributed by atoms with Crippen LogP contribution in [0.5, 0.6) is 0 Å². The standard InChI is InChI=1S/C12H15BrN2O3/c1-12(18-6-11(16)17)7-15(8-12)5-10-3-2-9(13)4-14-10/h2-4H,5-8H2,1H3,(H,16,17). The molecule has 1 saturated heterocycles. The molecule has 0 saturated carbocycles. The molecule has 0 atom stereocenters. The highest BCUT2D eigenvalue weighted by molar-refractivity contribution is 9.10. The molecule has 2 rings (SSSR count). The number of rotatable bonds is 5. The Kier molecular flexibility index (Phi) is 3.99. The fourth-order valence-electron chi connectivity index (χ4n) is 2.07. The minimum absolute atomic E-state index is 0.235. The van der Waals surface area contributed by atoms with Gasteiger partial charge in [-0.25, -0.2) is 4.79 Å². The van der Waals surface area contributed by atoms with E-state index in [-0.39, 0.29) is 12.2 Å². The fraction of sp³-hybridized carbons (Fsp3) is 0.500.